The minimum atomic E-state index is 0.0854. The molecule has 3 rings (SSSR count). The van der Waals surface area contributed by atoms with Gasteiger partial charge >= 0.3 is 0 Å². The van der Waals surface area contributed by atoms with Gasteiger partial charge in [-0.1, -0.05) is 11.6 Å². The van der Waals surface area contributed by atoms with Crippen molar-refractivity contribution in [1.29, 1.82) is 0 Å². The van der Waals surface area contributed by atoms with Crippen molar-refractivity contribution in [2.75, 3.05) is 32.7 Å². The zero-order chi connectivity index (χ0) is 17.1. The number of hydrogen-bond donors (Lipinski definition) is 0. The summed E-state index contributed by atoms with van der Waals surface area (Å²) in [6, 6.07) is 2.51. The Morgan fingerprint density at radius 2 is 2.00 bits per heavy atom. The highest BCUT2D eigenvalue weighted by atomic mass is 16.5. The molecule has 0 spiro atoms. The third kappa shape index (κ3) is 3.98. The monoisotopic (exact) mass is 334 g/mol. The maximum Gasteiger partial charge on any atom is 0.240 e. The predicted octanol–water partition coefficient (Wildman–Crippen LogP) is 1.89. The van der Waals surface area contributed by atoms with Crippen LogP contribution < -0.4 is 0 Å². The van der Waals surface area contributed by atoms with Crippen LogP contribution >= 0.6 is 0 Å². The summed E-state index contributed by atoms with van der Waals surface area (Å²) < 4.78 is 5.30. The molecule has 2 saturated heterocycles. The fourth-order valence-corrected chi connectivity index (χ4v) is 3.89. The number of aromatic nitrogens is 1. The summed E-state index contributed by atoms with van der Waals surface area (Å²) in [5.74, 6) is 1.24. The molecule has 2 aliphatic rings. The second-order valence-corrected chi connectivity index (χ2v) is 7.38. The molecule has 0 bridgehead atoms. The third-order valence-electron chi connectivity index (χ3n) is 5.23. The topological polar surface area (TPSA) is 52.8 Å². The molecule has 1 aromatic heterocycles. The lowest BCUT2D eigenvalue weighted by Gasteiger charge is -2.42. The van der Waals surface area contributed by atoms with Crippen molar-refractivity contribution in [2.24, 2.45) is 0 Å². The zero-order valence-electron chi connectivity index (χ0n) is 15.2. The standard InChI is InChI=1S/C18H30N4O2/c1-14(2)22-7-5-4-6-17(22)18(23)21-10-8-20(9-11-21)13-16-12-15(3)19-24-16/h12,14,17H,4-11,13H2,1-3H3/t17-/m1/s1. The van der Waals surface area contributed by atoms with Gasteiger partial charge in [0.15, 0.2) is 5.76 Å². The van der Waals surface area contributed by atoms with Crippen molar-refractivity contribution in [3.63, 3.8) is 0 Å². The molecule has 0 N–H and O–H groups in total. The van der Waals surface area contributed by atoms with Crippen LogP contribution in [0.4, 0.5) is 0 Å². The molecule has 24 heavy (non-hydrogen) atoms. The zero-order valence-corrected chi connectivity index (χ0v) is 15.2. The lowest BCUT2D eigenvalue weighted by Crippen LogP contribution is -2.57. The van der Waals surface area contributed by atoms with Gasteiger partial charge in [0.05, 0.1) is 18.3 Å². The van der Waals surface area contributed by atoms with Gasteiger partial charge in [0.25, 0.3) is 0 Å². The SMILES string of the molecule is Cc1cc(CN2CCN(C(=O)[C@H]3CCCCN3C(C)C)CC2)on1. The van der Waals surface area contributed by atoms with E-state index in [0.29, 0.717) is 11.9 Å². The maximum absolute atomic E-state index is 13.0. The van der Waals surface area contributed by atoms with Crippen molar-refractivity contribution < 1.29 is 9.32 Å². The molecule has 0 aliphatic carbocycles. The van der Waals surface area contributed by atoms with Gasteiger partial charge in [-0.05, 0) is 40.2 Å². The van der Waals surface area contributed by atoms with E-state index >= 15 is 0 Å². The van der Waals surface area contributed by atoms with E-state index in [1.165, 1.54) is 12.8 Å². The summed E-state index contributed by atoms with van der Waals surface area (Å²) in [7, 11) is 0. The maximum atomic E-state index is 13.0. The fourth-order valence-electron chi connectivity index (χ4n) is 3.89. The Bertz CT molecular complexity index is 549. The molecule has 0 unspecified atom stereocenters. The molecule has 6 heteroatoms. The summed E-state index contributed by atoms with van der Waals surface area (Å²) >= 11 is 0. The first kappa shape index (κ1) is 17.4. The molecule has 0 aromatic carbocycles. The van der Waals surface area contributed by atoms with Crippen LogP contribution in [0.15, 0.2) is 10.6 Å². The van der Waals surface area contributed by atoms with Crippen LogP contribution in [0, 0.1) is 6.92 Å². The van der Waals surface area contributed by atoms with Crippen LogP contribution in [-0.4, -0.2) is 70.6 Å². The number of aryl methyl sites for hydroxylation is 1. The number of amides is 1. The lowest BCUT2D eigenvalue weighted by molar-refractivity contribution is -0.141. The second kappa shape index (κ2) is 7.66. The van der Waals surface area contributed by atoms with Crippen LogP contribution in [0.1, 0.15) is 44.6 Å². The highest BCUT2D eigenvalue weighted by Crippen LogP contribution is 2.22. The normalized spacial score (nSPS) is 23.8. The first-order valence-electron chi connectivity index (χ1n) is 9.23. The van der Waals surface area contributed by atoms with E-state index in [-0.39, 0.29) is 6.04 Å². The molecule has 2 fully saturated rings. The molecule has 0 radical (unpaired) electrons. The number of nitrogens with zero attached hydrogens (tertiary/aromatic N) is 4. The van der Waals surface area contributed by atoms with E-state index in [1.807, 2.05) is 13.0 Å². The summed E-state index contributed by atoms with van der Waals surface area (Å²) in [4.78, 5) is 19.8. The third-order valence-corrected chi connectivity index (χ3v) is 5.23. The van der Waals surface area contributed by atoms with Gasteiger partial charge in [-0.3, -0.25) is 14.6 Å². The molecule has 1 atom stereocenters. The van der Waals surface area contributed by atoms with Gasteiger partial charge in [0.2, 0.25) is 5.91 Å². The van der Waals surface area contributed by atoms with Crippen LogP contribution in [-0.2, 0) is 11.3 Å². The Labute approximate surface area is 144 Å². The van der Waals surface area contributed by atoms with Gasteiger partial charge in [-0.15, -0.1) is 0 Å². The van der Waals surface area contributed by atoms with Gasteiger partial charge < -0.3 is 9.42 Å². The number of rotatable bonds is 4. The summed E-state index contributed by atoms with van der Waals surface area (Å²) in [5.41, 5.74) is 0.921. The molecular formula is C18H30N4O2. The first-order chi connectivity index (χ1) is 11.5. The molecule has 6 nitrogen and oxygen atoms in total. The number of likely N-dealkylation sites (tertiary alicyclic amines) is 1. The number of piperazine rings is 1. The Hall–Kier alpha value is -1.40. The van der Waals surface area contributed by atoms with Crippen LogP contribution in [0.5, 0.6) is 0 Å². The van der Waals surface area contributed by atoms with Crippen molar-refractivity contribution in [1.82, 2.24) is 19.9 Å². The molecule has 1 aromatic rings. The average molecular weight is 334 g/mol. The Morgan fingerprint density at radius 3 is 2.62 bits per heavy atom. The highest BCUT2D eigenvalue weighted by molar-refractivity contribution is 5.82. The molecular weight excluding hydrogens is 304 g/mol. The van der Waals surface area contributed by atoms with Crippen molar-refractivity contribution in [3.05, 3.63) is 17.5 Å². The largest absolute Gasteiger partial charge is 0.360 e. The molecule has 1 amide bonds. The minimum absolute atomic E-state index is 0.0854. The summed E-state index contributed by atoms with van der Waals surface area (Å²) in [6.07, 6.45) is 3.39. The van der Waals surface area contributed by atoms with Crippen molar-refractivity contribution in [3.8, 4) is 0 Å². The van der Waals surface area contributed by atoms with Crippen LogP contribution in [0.25, 0.3) is 0 Å². The van der Waals surface area contributed by atoms with E-state index in [1.54, 1.807) is 0 Å². The lowest BCUT2D eigenvalue weighted by atomic mass is 9.99. The van der Waals surface area contributed by atoms with E-state index in [0.717, 1.165) is 57.1 Å². The van der Waals surface area contributed by atoms with Gasteiger partial charge in [0, 0.05) is 38.3 Å². The number of hydrogen-bond acceptors (Lipinski definition) is 5. The van der Waals surface area contributed by atoms with E-state index in [9.17, 15) is 4.79 Å². The van der Waals surface area contributed by atoms with Crippen molar-refractivity contribution >= 4 is 5.91 Å². The Morgan fingerprint density at radius 1 is 1.25 bits per heavy atom. The highest BCUT2D eigenvalue weighted by Gasteiger charge is 2.34. The second-order valence-electron chi connectivity index (χ2n) is 7.38. The number of piperidine rings is 1. The van der Waals surface area contributed by atoms with Gasteiger partial charge in [-0.2, -0.15) is 0 Å². The Kier molecular flexibility index (Phi) is 5.56. The molecule has 3 heterocycles. The van der Waals surface area contributed by atoms with Crippen molar-refractivity contribution in [2.45, 2.75) is 58.7 Å². The van der Waals surface area contributed by atoms with Gasteiger partial charge in [-0.25, -0.2) is 0 Å². The fraction of sp³-hybridized carbons (Fsp3) is 0.778. The molecule has 2 aliphatic heterocycles. The molecule has 134 valence electrons. The minimum Gasteiger partial charge on any atom is -0.360 e. The van der Waals surface area contributed by atoms with Gasteiger partial charge in [0.1, 0.15) is 0 Å². The summed E-state index contributed by atoms with van der Waals surface area (Å²) in [5, 5.41) is 3.94. The average Bonchev–Trinajstić information content (AvgIpc) is 3.00. The first-order valence-corrected chi connectivity index (χ1v) is 9.23. The molecule has 0 saturated carbocycles. The smallest absolute Gasteiger partial charge is 0.240 e. The number of carbonyl (C=O) groups is 1. The van der Waals surface area contributed by atoms with E-state index < -0.39 is 0 Å². The predicted molar refractivity (Wildman–Crippen MR) is 92.6 cm³/mol. The van der Waals surface area contributed by atoms with Crippen LogP contribution in [0.3, 0.4) is 0 Å². The number of carbonyl (C=O) groups excluding carboxylic acids is 1. The van der Waals surface area contributed by atoms with E-state index in [2.05, 4.69) is 33.7 Å². The van der Waals surface area contributed by atoms with E-state index in [4.69, 9.17) is 4.52 Å². The van der Waals surface area contributed by atoms with Crippen LogP contribution in [0.2, 0.25) is 0 Å². The Balaban J connectivity index is 1.52. The quantitative estimate of drug-likeness (QED) is 0.842. The summed E-state index contributed by atoms with van der Waals surface area (Å²) in [6.45, 7) is 11.6.